The molecule has 0 spiro atoms. The number of amides is 1. The van der Waals surface area contributed by atoms with Crippen LogP contribution in [0.5, 0.6) is 0 Å². The molecule has 1 amide bonds. The maximum atomic E-state index is 12.0. The van der Waals surface area contributed by atoms with E-state index in [2.05, 4.69) is 30.3 Å². The lowest BCUT2D eigenvalue weighted by Gasteiger charge is -2.19. The molecule has 0 saturated carbocycles. The first-order chi connectivity index (χ1) is 9.11. The number of rotatable bonds is 4. The monoisotopic (exact) mass is 256 g/mol. The summed E-state index contributed by atoms with van der Waals surface area (Å²) in [5, 5.41) is 2.42. The number of fused-ring (bicyclic) bond motifs is 1. The van der Waals surface area contributed by atoms with Gasteiger partial charge in [0.1, 0.15) is 0 Å². The van der Waals surface area contributed by atoms with Crippen molar-refractivity contribution in [1.82, 2.24) is 4.90 Å². The van der Waals surface area contributed by atoms with E-state index in [4.69, 9.17) is 5.73 Å². The van der Waals surface area contributed by atoms with Gasteiger partial charge < -0.3 is 10.6 Å². The van der Waals surface area contributed by atoms with Crippen molar-refractivity contribution < 1.29 is 4.79 Å². The van der Waals surface area contributed by atoms with Gasteiger partial charge in [0.05, 0.1) is 5.92 Å². The fourth-order valence-electron chi connectivity index (χ4n) is 2.29. The zero-order valence-electron chi connectivity index (χ0n) is 11.5. The standard InChI is InChI=1S/C16H20N2O/c1-18(2)16(19)15(11-17)10-12-7-8-13-5-3-4-6-14(13)9-12/h3-9,15H,10-11,17H2,1-2H3. The zero-order valence-corrected chi connectivity index (χ0v) is 11.5. The van der Waals surface area contributed by atoms with Gasteiger partial charge in [-0.3, -0.25) is 4.79 Å². The second kappa shape index (κ2) is 5.85. The van der Waals surface area contributed by atoms with E-state index in [1.165, 1.54) is 10.8 Å². The van der Waals surface area contributed by atoms with Crippen molar-refractivity contribution >= 4 is 16.7 Å². The number of benzene rings is 2. The molecular formula is C16H20N2O. The number of carbonyl (C=O) groups is 1. The highest BCUT2D eigenvalue weighted by atomic mass is 16.2. The van der Waals surface area contributed by atoms with E-state index in [-0.39, 0.29) is 11.8 Å². The normalized spacial score (nSPS) is 12.4. The van der Waals surface area contributed by atoms with Crippen molar-refractivity contribution in [2.24, 2.45) is 11.7 Å². The van der Waals surface area contributed by atoms with Crippen LogP contribution in [-0.2, 0) is 11.2 Å². The Morgan fingerprint density at radius 2 is 1.84 bits per heavy atom. The zero-order chi connectivity index (χ0) is 13.8. The minimum Gasteiger partial charge on any atom is -0.349 e. The first-order valence-corrected chi connectivity index (χ1v) is 6.50. The molecule has 0 heterocycles. The largest absolute Gasteiger partial charge is 0.349 e. The van der Waals surface area contributed by atoms with E-state index in [0.717, 1.165) is 5.56 Å². The smallest absolute Gasteiger partial charge is 0.226 e. The topological polar surface area (TPSA) is 46.3 Å². The Hall–Kier alpha value is -1.87. The van der Waals surface area contributed by atoms with Crippen LogP contribution in [0.15, 0.2) is 42.5 Å². The molecule has 2 aromatic rings. The molecule has 0 radical (unpaired) electrons. The molecule has 2 rings (SSSR count). The summed E-state index contributed by atoms with van der Waals surface area (Å²) in [5.41, 5.74) is 6.88. The Morgan fingerprint density at radius 1 is 1.16 bits per heavy atom. The number of nitrogens with two attached hydrogens (primary N) is 1. The fraction of sp³-hybridized carbons (Fsp3) is 0.312. The Balaban J connectivity index is 2.22. The van der Waals surface area contributed by atoms with Crippen molar-refractivity contribution in [3.8, 4) is 0 Å². The molecule has 1 atom stereocenters. The summed E-state index contributed by atoms with van der Waals surface area (Å²) in [6.07, 6.45) is 0.693. The lowest BCUT2D eigenvalue weighted by molar-refractivity contribution is -0.132. The number of hydrogen-bond acceptors (Lipinski definition) is 2. The quantitative estimate of drug-likeness (QED) is 0.910. The van der Waals surface area contributed by atoms with Crippen LogP contribution in [0, 0.1) is 5.92 Å². The van der Waals surface area contributed by atoms with Gasteiger partial charge in [-0.15, -0.1) is 0 Å². The Kier molecular flexibility index (Phi) is 4.17. The summed E-state index contributed by atoms with van der Waals surface area (Å²) >= 11 is 0. The van der Waals surface area contributed by atoms with Crippen LogP contribution in [0.4, 0.5) is 0 Å². The predicted octanol–water partition coefficient (Wildman–Crippen LogP) is 2.05. The van der Waals surface area contributed by atoms with Gasteiger partial charge in [0.15, 0.2) is 0 Å². The number of nitrogens with zero attached hydrogens (tertiary/aromatic N) is 1. The average Bonchev–Trinajstić information content (AvgIpc) is 2.43. The maximum absolute atomic E-state index is 12.0. The molecule has 3 nitrogen and oxygen atoms in total. The van der Waals surface area contributed by atoms with E-state index >= 15 is 0 Å². The molecule has 19 heavy (non-hydrogen) atoms. The fourth-order valence-corrected chi connectivity index (χ4v) is 2.29. The average molecular weight is 256 g/mol. The van der Waals surface area contributed by atoms with Crippen LogP contribution < -0.4 is 5.73 Å². The van der Waals surface area contributed by atoms with Gasteiger partial charge >= 0.3 is 0 Å². The van der Waals surface area contributed by atoms with E-state index in [0.29, 0.717) is 13.0 Å². The molecule has 0 aliphatic carbocycles. The lowest BCUT2D eigenvalue weighted by atomic mass is 9.96. The van der Waals surface area contributed by atoms with Crippen LogP contribution in [0.25, 0.3) is 10.8 Å². The molecule has 0 bridgehead atoms. The number of hydrogen-bond donors (Lipinski definition) is 1. The molecule has 2 N–H and O–H groups in total. The van der Waals surface area contributed by atoms with Crippen LogP contribution in [-0.4, -0.2) is 31.4 Å². The summed E-state index contributed by atoms with van der Waals surface area (Å²) in [6, 6.07) is 14.5. The van der Waals surface area contributed by atoms with Crippen molar-refractivity contribution in [2.45, 2.75) is 6.42 Å². The van der Waals surface area contributed by atoms with Crippen LogP contribution in [0.3, 0.4) is 0 Å². The second-order valence-electron chi connectivity index (χ2n) is 5.05. The molecule has 3 heteroatoms. The van der Waals surface area contributed by atoms with Crippen LogP contribution in [0.2, 0.25) is 0 Å². The van der Waals surface area contributed by atoms with Gasteiger partial charge in [-0.1, -0.05) is 42.5 Å². The second-order valence-corrected chi connectivity index (χ2v) is 5.05. The Labute approximate surface area is 114 Å². The van der Waals surface area contributed by atoms with Crippen molar-refractivity contribution in [1.29, 1.82) is 0 Å². The first kappa shape index (κ1) is 13.6. The highest BCUT2D eigenvalue weighted by Gasteiger charge is 2.18. The van der Waals surface area contributed by atoms with E-state index in [9.17, 15) is 4.79 Å². The first-order valence-electron chi connectivity index (χ1n) is 6.50. The van der Waals surface area contributed by atoms with E-state index in [1.807, 2.05) is 12.1 Å². The van der Waals surface area contributed by atoms with Gasteiger partial charge in [0.25, 0.3) is 0 Å². The molecule has 0 fully saturated rings. The summed E-state index contributed by atoms with van der Waals surface area (Å²) in [7, 11) is 3.54. The summed E-state index contributed by atoms with van der Waals surface area (Å²) < 4.78 is 0. The Morgan fingerprint density at radius 3 is 2.47 bits per heavy atom. The van der Waals surface area contributed by atoms with Crippen molar-refractivity contribution in [3.63, 3.8) is 0 Å². The van der Waals surface area contributed by atoms with Crippen molar-refractivity contribution in [3.05, 3.63) is 48.0 Å². The van der Waals surface area contributed by atoms with Crippen LogP contribution in [0.1, 0.15) is 5.56 Å². The highest BCUT2D eigenvalue weighted by molar-refractivity contribution is 5.83. The maximum Gasteiger partial charge on any atom is 0.226 e. The molecule has 0 aliphatic rings. The Bertz CT molecular complexity index is 578. The summed E-state index contributed by atoms with van der Waals surface area (Å²) in [5.74, 6) is -0.0492. The molecule has 0 aromatic heterocycles. The minimum absolute atomic E-state index is 0.0932. The highest BCUT2D eigenvalue weighted by Crippen LogP contribution is 2.18. The summed E-state index contributed by atoms with van der Waals surface area (Å²) in [6.45, 7) is 0.379. The van der Waals surface area contributed by atoms with Gasteiger partial charge in [0.2, 0.25) is 5.91 Å². The molecule has 0 aliphatic heterocycles. The molecular weight excluding hydrogens is 236 g/mol. The third-order valence-corrected chi connectivity index (χ3v) is 3.37. The van der Waals surface area contributed by atoms with Gasteiger partial charge in [-0.2, -0.15) is 0 Å². The lowest BCUT2D eigenvalue weighted by Crippen LogP contribution is -2.35. The van der Waals surface area contributed by atoms with Gasteiger partial charge in [-0.05, 0) is 22.8 Å². The van der Waals surface area contributed by atoms with Gasteiger partial charge in [0, 0.05) is 20.6 Å². The van der Waals surface area contributed by atoms with Gasteiger partial charge in [-0.25, -0.2) is 0 Å². The minimum atomic E-state index is -0.142. The molecule has 0 saturated heterocycles. The van der Waals surface area contributed by atoms with Crippen molar-refractivity contribution in [2.75, 3.05) is 20.6 Å². The third kappa shape index (κ3) is 3.12. The molecule has 2 aromatic carbocycles. The molecule has 100 valence electrons. The summed E-state index contributed by atoms with van der Waals surface area (Å²) in [4.78, 5) is 13.6. The van der Waals surface area contributed by atoms with E-state index in [1.54, 1.807) is 19.0 Å². The van der Waals surface area contributed by atoms with Crippen LogP contribution >= 0.6 is 0 Å². The predicted molar refractivity (Wildman–Crippen MR) is 78.9 cm³/mol. The third-order valence-electron chi connectivity index (χ3n) is 3.37. The SMILES string of the molecule is CN(C)C(=O)C(CN)Cc1ccc2ccccc2c1. The number of carbonyl (C=O) groups excluding carboxylic acids is 1. The molecule has 1 unspecified atom stereocenters. The van der Waals surface area contributed by atoms with E-state index < -0.39 is 0 Å².